The average Bonchev–Trinajstić information content (AvgIpc) is 3.33. The maximum atomic E-state index is 7.43. The summed E-state index contributed by atoms with van der Waals surface area (Å²) in [5, 5.41) is 0. The molecule has 0 radical (unpaired) electrons. The molecule has 2 spiro atoms. The van der Waals surface area contributed by atoms with Crippen molar-refractivity contribution in [1.29, 1.82) is 0 Å². The number of nitrogens with zero attached hydrogens (tertiary/aromatic N) is 2. The summed E-state index contributed by atoms with van der Waals surface area (Å²) in [4.78, 5) is 4.89. The maximum Gasteiger partial charge on any atom is 0.0975 e. The third-order valence-electron chi connectivity index (χ3n) is 12.0. The van der Waals surface area contributed by atoms with Gasteiger partial charge in [-0.15, -0.1) is 0 Å². The van der Waals surface area contributed by atoms with Crippen LogP contribution in [0.1, 0.15) is 78.6 Å². The lowest BCUT2D eigenvalue weighted by Gasteiger charge is -2.54. The largest absolute Gasteiger partial charge is 0.359 e. The number of ether oxygens (including phenoxy) is 1. The second-order valence-corrected chi connectivity index (χ2v) is 14.1. The molecule has 3 nitrogen and oxygen atoms in total. The molecule has 9 atom stereocenters. The Labute approximate surface area is 215 Å². The van der Waals surface area contributed by atoms with Gasteiger partial charge in [-0.3, -0.25) is 0 Å². The van der Waals surface area contributed by atoms with Crippen molar-refractivity contribution in [3.05, 3.63) is 35.5 Å². The summed E-state index contributed by atoms with van der Waals surface area (Å²) in [5.41, 5.74) is 3.31. The van der Waals surface area contributed by atoms with Gasteiger partial charge in [-0.25, -0.2) is 0 Å². The van der Waals surface area contributed by atoms with Gasteiger partial charge in [-0.05, 0) is 125 Å². The lowest BCUT2D eigenvalue weighted by molar-refractivity contribution is -0.136. The molecule has 3 aliphatic heterocycles. The van der Waals surface area contributed by atoms with Crippen molar-refractivity contribution in [1.82, 2.24) is 9.80 Å². The van der Waals surface area contributed by atoms with E-state index in [2.05, 4.69) is 76.0 Å². The van der Waals surface area contributed by atoms with Gasteiger partial charge in [-0.2, -0.15) is 0 Å². The van der Waals surface area contributed by atoms with E-state index in [0.29, 0.717) is 17.4 Å². The highest BCUT2D eigenvalue weighted by Crippen LogP contribution is 2.68. The van der Waals surface area contributed by atoms with Crippen molar-refractivity contribution in [2.45, 2.75) is 95.8 Å². The number of hydrogen-bond donors (Lipinski definition) is 0. The van der Waals surface area contributed by atoms with Crippen molar-refractivity contribution in [3.63, 3.8) is 0 Å². The van der Waals surface area contributed by atoms with Crippen LogP contribution in [-0.2, 0) is 4.74 Å². The van der Waals surface area contributed by atoms with Crippen molar-refractivity contribution in [3.8, 4) is 0 Å². The van der Waals surface area contributed by atoms with Crippen LogP contribution in [-0.4, -0.2) is 61.3 Å². The predicted molar refractivity (Wildman–Crippen MR) is 145 cm³/mol. The molecule has 0 aromatic rings. The molecule has 35 heavy (non-hydrogen) atoms. The highest BCUT2D eigenvalue weighted by atomic mass is 16.5. The molecule has 3 heteroatoms. The number of likely N-dealkylation sites (N-methyl/N-ethyl adjacent to an activating group) is 1. The Hall–Kier alpha value is -0.900. The minimum absolute atomic E-state index is 0.0184. The molecule has 3 fully saturated rings. The minimum Gasteiger partial charge on any atom is -0.359 e. The average molecular weight is 479 g/mol. The summed E-state index contributed by atoms with van der Waals surface area (Å²) < 4.78 is 7.43. The van der Waals surface area contributed by atoms with Crippen molar-refractivity contribution >= 4 is 0 Å². The Morgan fingerprint density at radius 1 is 1.17 bits per heavy atom. The zero-order chi connectivity index (χ0) is 24.6. The molecule has 0 amide bonds. The number of hydrogen-bond acceptors (Lipinski definition) is 3. The van der Waals surface area contributed by atoms with Gasteiger partial charge in [0, 0.05) is 12.6 Å². The number of allylic oxidation sites excluding steroid dienone is 1. The topological polar surface area (TPSA) is 15.7 Å². The maximum absolute atomic E-state index is 7.43. The molecule has 2 saturated heterocycles. The van der Waals surface area contributed by atoms with Gasteiger partial charge in [0.05, 0.1) is 11.2 Å². The summed E-state index contributed by atoms with van der Waals surface area (Å²) >= 11 is 0. The zero-order valence-corrected chi connectivity index (χ0v) is 23.4. The molecule has 0 aromatic heterocycles. The van der Waals surface area contributed by atoms with Gasteiger partial charge in [0.1, 0.15) is 0 Å². The van der Waals surface area contributed by atoms with Crippen LogP contribution in [0, 0.1) is 35.0 Å². The van der Waals surface area contributed by atoms with Gasteiger partial charge in [0.15, 0.2) is 0 Å². The summed E-state index contributed by atoms with van der Waals surface area (Å²) in [7, 11) is 6.72. The molecule has 1 saturated carbocycles. The van der Waals surface area contributed by atoms with Crippen molar-refractivity contribution < 1.29 is 4.74 Å². The summed E-state index contributed by atoms with van der Waals surface area (Å²) in [5.74, 6) is 4.13. The van der Waals surface area contributed by atoms with Gasteiger partial charge >= 0.3 is 0 Å². The first-order valence-corrected chi connectivity index (χ1v) is 14.8. The number of piperidine rings is 1. The van der Waals surface area contributed by atoms with Crippen LogP contribution in [0.5, 0.6) is 0 Å². The first kappa shape index (κ1) is 24.4. The third kappa shape index (κ3) is 3.69. The van der Waals surface area contributed by atoms with Crippen LogP contribution in [0.4, 0.5) is 0 Å². The van der Waals surface area contributed by atoms with E-state index in [4.69, 9.17) is 4.74 Å². The fourth-order valence-electron chi connectivity index (χ4n) is 9.88. The molecule has 194 valence electrons. The second kappa shape index (κ2) is 8.57. The molecule has 2 unspecified atom stereocenters. The molecule has 0 aromatic carbocycles. The van der Waals surface area contributed by atoms with Gasteiger partial charge in [0.2, 0.25) is 0 Å². The molecular weight excluding hydrogens is 428 g/mol. The monoisotopic (exact) mass is 478 g/mol. The predicted octanol–water partition coefficient (Wildman–Crippen LogP) is 6.47. The molecule has 6 aliphatic rings. The van der Waals surface area contributed by atoms with Gasteiger partial charge < -0.3 is 14.5 Å². The van der Waals surface area contributed by atoms with E-state index in [1.54, 1.807) is 0 Å². The van der Waals surface area contributed by atoms with E-state index in [1.165, 1.54) is 75.6 Å². The number of likely N-dealkylation sites (tertiary alicyclic amines) is 1. The van der Waals surface area contributed by atoms with Crippen molar-refractivity contribution in [2.24, 2.45) is 35.0 Å². The van der Waals surface area contributed by atoms with E-state index in [9.17, 15) is 0 Å². The summed E-state index contributed by atoms with van der Waals surface area (Å²) in [6.45, 7) is 10.3. The Balaban J connectivity index is 1.21. The van der Waals surface area contributed by atoms with Crippen LogP contribution in [0.15, 0.2) is 35.5 Å². The standard InChI is InChI=1S/C32H50N2O/c1-22(7-8-24-14-18-34(6)21-23(24)2)28-11-12-29-30(28,3)15-13-26-19-25-9-10-27(33(4)5)20-31(25)16-17-32(26,29)35-31/h9-10,13,19,22-24,27-29H,7-8,11-12,14-18,20-21H2,1-6H3/t22-,23?,24?,27-,28-,29-,30-,31-,32-/m1/s1. The van der Waals surface area contributed by atoms with E-state index in [0.717, 1.165) is 30.1 Å². The molecule has 2 bridgehead atoms. The molecule has 6 rings (SSSR count). The normalized spacial score (nSPS) is 47.7. The van der Waals surface area contributed by atoms with Crippen LogP contribution in [0.25, 0.3) is 0 Å². The Morgan fingerprint density at radius 3 is 2.77 bits per heavy atom. The van der Waals surface area contributed by atoms with E-state index >= 15 is 0 Å². The molecular formula is C32H50N2O. The summed E-state index contributed by atoms with van der Waals surface area (Å²) in [6.07, 6.45) is 21.8. The third-order valence-corrected chi connectivity index (χ3v) is 12.0. The first-order chi connectivity index (χ1) is 16.7. The highest BCUT2D eigenvalue weighted by molar-refractivity contribution is 5.51. The Bertz CT molecular complexity index is 934. The van der Waals surface area contributed by atoms with Crippen LogP contribution >= 0.6 is 0 Å². The fraction of sp³-hybridized carbons (Fsp3) is 0.812. The first-order valence-electron chi connectivity index (χ1n) is 14.8. The molecule has 3 heterocycles. The van der Waals surface area contributed by atoms with E-state index in [-0.39, 0.29) is 11.2 Å². The fourth-order valence-corrected chi connectivity index (χ4v) is 9.88. The number of fused-ring (bicyclic) bond motifs is 1. The Morgan fingerprint density at radius 2 is 2.00 bits per heavy atom. The lowest BCUT2D eigenvalue weighted by atomic mass is 9.57. The zero-order valence-electron chi connectivity index (χ0n) is 23.4. The minimum atomic E-state index is -0.0484. The van der Waals surface area contributed by atoms with E-state index in [1.807, 2.05) is 0 Å². The SMILES string of the molecule is CC1CN(C)CCC1CC[C@@H](C)[C@H]1CC[C@@H]2[C@]1(C)CC=C1C=C3C=C[C@@H](N(C)C)C[C@]34CC[C@@]12O4. The van der Waals surface area contributed by atoms with Gasteiger partial charge in [0.25, 0.3) is 0 Å². The molecule has 3 aliphatic carbocycles. The van der Waals surface area contributed by atoms with Gasteiger partial charge in [-0.1, -0.05) is 51.5 Å². The van der Waals surface area contributed by atoms with Crippen LogP contribution in [0.3, 0.4) is 0 Å². The van der Waals surface area contributed by atoms with Crippen LogP contribution in [0.2, 0.25) is 0 Å². The lowest BCUT2D eigenvalue weighted by Crippen LogP contribution is -2.54. The highest BCUT2D eigenvalue weighted by Gasteiger charge is 2.66. The number of rotatable bonds is 5. The second-order valence-electron chi connectivity index (χ2n) is 14.1. The Kier molecular flexibility index (Phi) is 5.98. The van der Waals surface area contributed by atoms with Crippen molar-refractivity contribution in [2.75, 3.05) is 34.2 Å². The quantitative estimate of drug-likeness (QED) is 0.450. The van der Waals surface area contributed by atoms with E-state index < -0.39 is 0 Å². The van der Waals surface area contributed by atoms with Crippen LogP contribution < -0.4 is 0 Å². The molecule has 0 N–H and O–H groups in total. The smallest absolute Gasteiger partial charge is 0.0975 e. The summed E-state index contributed by atoms with van der Waals surface area (Å²) in [6, 6.07) is 0.487.